The van der Waals surface area contributed by atoms with E-state index in [0.717, 1.165) is 6.42 Å². The highest BCUT2D eigenvalue weighted by Gasteiger charge is 2.32. The molecule has 0 saturated carbocycles. The fourth-order valence-electron chi connectivity index (χ4n) is 3.96. The van der Waals surface area contributed by atoms with Crippen LogP contribution in [-0.4, -0.2) is 42.4 Å². The van der Waals surface area contributed by atoms with Crippen LogP contribution in [0, 0.1) is 11.3 Å². The molecule has 2 aromatic rings. The minimum absolute atomic E-state index is 0.0207. The first-order valence-electron chi connectivity index (χ1n) is 10.7. The summed E-state index contributed by atoms with van der Waals surface area (Å²) in [4.78, 5) is 38.8. The van der Waals surface area contributed by atoms with Gasteiger partial charge in [0.05, 0.1) is 19.6 Å². The minimum atomic E-state index is -1.04. The number of ether oxygens (including phenoxy) is 1. The van der Waals surface area contributed by atoms with Crippen LogP contribution in [0.15, 0.2) is 48.5 Å². The first kappa shape index (κ1) is 23.8. The summed E-state index contributed by atoms with van der Waals surface area (Å²) in [7, 11) is 1.54. The topological polar surface area (TPSA) is 146 Å². The van der Waals surface area contributed by atoms with E-state index in [4.69, 9.17) is 15.9 Å². The number of anilines is 1. The van der Waals surface area contributed by atoms with Gasteiger partial charge in [-0.1, -0.05) is 12.1 Å². The van der Waals surface area contributed by atoms with Gasteiger partial charge in [0.15, 0.2) is 0 Å². The molecule has 1 aliphatic heterocycles. The molecule has 9 heteroatoms. The molecule has 0 aliphatic carbocycles. The monoisotopic (exact) mass is 452 g/mol. The second-order valence-electron chi connectivity index (χ2n) is 7.98. The van der Waals surface area contributed by atoms with E-state index >= 15 is 0 Å². The minimum Gasteiger partial charge on any atom is -0.497 e. The third-order valence-corrected chi connectivity index (χ3v) is 5.70. The average Bonchev–Trinajstić information content (AvgIpc) is 2.80. The SMILES string of the molecule is COc1ccc(C(CC(=O)O)NC(=O)CC2CCCN(c3ccc(C(=N)N)cc3)C2=O)cc1. The molecule has 0 bridgehead atoms. The summed E-state index contributed by atoms with van der Waals surface area (Å²) in [6, 6.07) is 13.0. The zero-order valence-electron chi connectivity index (χ0n) is 18.4. The first-order valence-corrected chi connectivity index (χ1v) is 10.7. The Balaban J connectivity index is 1.67. The Morgan fingerprint density at radius 3 is 2.45 bits per heavy atom. The maximum absolute atomic E-state index is 13.1. The normalized spacial score (nSPS) is 16.7. The summed E-state index contributed by atoms with van der Waals surface area (Å²) < 4.78 is 5.13. The van der Waals surface area contributed by atoms with Crippen molar-refractivity contribution in [3.63, 3.8) is 0 Å². The van der Waals surface area contributed by atoms with Crippen molar-refractivity contribution >= 4 is 29.3 Å². The Bertz CT molecular complexity index is 1020. The van der Waals surface area contributed by atoms with Gasteiger partial charge in [0.25, 0.3) is 0 Å². The molecule has 0 spiro atoms. The molecule has 1 fully saturated rings. The smallest absolute Gasteiger partial charge is 0.305 e. The van der Waals surface area contributed by atoms with Crippen LogP contribution in [-0.2, 0) is 14.4 Å². The van der Waals surface area contributed by atoms with Gasteiger partial charge in [0, 0.05) is 30.1 Å². The van der Waals surface area contributed by atoms with Gasteiger partial charge in [-0.15, -0.1) is 0 Å². The molecular weight excluding hydrogens is 424 g/mol. The average molecular weight is 453 g/mol. The number of benzene rings is 2. The zero-order chi connectivity index (χ0) is 24.0. The molecule has 3 rings (SSSR count). The van der Waals surface area contributed by atoms with Gasteiger partial charge < -0.3 is 25.8 Å². The van der Waals surface area contributed by atoms with E-state index in [2.05, 4.69) is 5.32 Å². The second kappa shape index (κ2) is 10.6. The molecule has 1 heterocycles. The molecule has 1 saturated heterocycles. The van der Waals surface area contributed by atoms with Crippen LogP contribution < -0.4 is 20.7 Å². The number of nitrogens with one attached hydrogen (secondary N) is 2. The van der Waals surface area contributed by atoms with Gasteiger partial charge in [-0.3, -0.25) is 19.8 Å². The van der Waals surface area contributed by atoms with E-state index in [1.54, 1.807) is 53.4 Å². The van der Waals surface area contributed by atoms with Crippen molar-refractivity contribution in [1.82, 2.24) is 5.32 Å². The molecule has 0 aromatic heterocycles. The lowest BCUT2D eigenvalue weighted by Crippen LogP contribution is -2.43. The van der Waals surface area contributed by atoms with Crippen molar-refractivity contribution < 1.29 is 24.2 Å². The maximum atomic E-state index is 13.1. The summed E-state index contributed by atoms with van der Waals surface area (Å²) >= 11 is 0. The molecule has 2 aromatic carbocycles. The molecule has 2 unspecified atom stereocenters. The molecule has 174 valence electrons. The van der Waals surface area contributed by atoms with Crippen LogP contribution in [0.1, 0.15) is 42.9 Å². The number of hydrogen-bond acceptors (Lipinski definition) is 5. The van der Waals surface area contributed by atoms with Crippen molar-refractivity contribution in [3.05, 3.63) is 59.7 Å². The predicted molar refractivity (Wildman–Crippen MR) is 123 cm³/mol. The quantitative estimate of drug-likeness (QED) is 0.340. The Morgan fingerprint density at radius 1 is 1.21 bits per heavy atom. The van der Waals surface area contributed by atoms with Crippen LogP contribution in [0.4, 0.5) is 5.69 Å². The number of nitrogens with zero attached hydrogens (tertiary/aromatic N) is 1. The number of carbonyl (C=O) groups excluding carboxylic acids is 2. The fraction of sp³-hybridized carbons (Fsp3) is 0.333. The first-order chi connectivity index (χ1) is 15.8. The third kappa shape index (κ3) is 6.09. The molecule has 2 atom stereocenters. The van der Waals surface area contributed by atoms with Crippen molar-refractivity contribution in [1.29, 1.82) is 5.41 Å². The van der Waals surface area contributed by atoms with Crippen LogP contribution in [0.25, 0.3) is 0 Å². The zero-order valence-corrected chi connectivity index (χ0v) is 18.4. The summed E-state index contributed by atoms with van der Waals surface area (Å²) in [5.74, 6) is -1.47. The number of carboxylic acid groups (broad SMARTS) is 1. The van der Waals surface area contributed by atoms with E-state index in [9.17, 15) is 19.5 Å². The largest absolute Gasteiger partial charge is 0.497 e. The van der Waals surface area contributed by atoms with Gasteiger partial charge in [-0.05, 0) is 54.8 Å². The van der Waals surface area contributed by atoms with Crippen molar-refractivity contribution in [2.24, 2.45) is 11.7 Å². The highest BCUT2D eigenvalue weighted by Crippen LogP contribution is 2.27. The number of amidine groups is 1. The number of piperidine rings is 1. The second-order valence-corrected chi connectivity index (χ2v) is 7.98. The Labute approximate surface area is 192 Å². The lowest BCUT2D eigenvalue weighted by molar-refractivity contribution is -0.138. The van der Waals surface area contributed by atoms with Crippen molar-refractivity contribution in [2.75, 3.05) is 18.6 Å². The molecule has 5 N–H and O–H groups in total. The van der Waals surface area contributed by atoms with Crippen LogP contribution in [0.5, 0.6) is 5.75 Å². The number of amides is 2. The highest BCUT2D eigenvalue weighted by atomic mass is 16.5. The Morgan fingerprint density at radius 2 is 1.88 bits per heavy atom. The number of nitrogen functional groups attached to an aromatic ring is 1. The lowest BCUT2D eigenvalue weighted by Gasteiger charge is -2.32. The fourth-order valence-corrected chi connectivity index (χ4v) is 3.96. The van der Waals surface area contributed by atoms with E-state index in [-0.39, 0.29) is 30.5 Å². The number of aliphatic carboxylic acids is 1. The molecule has 9 nitrogen and oxygen atoms in total. The van der Waals surface area contributed by atoms with E-state index in [0.29, 0.717) is 35.5 Å². The molecule has 0 radical (unpaired) electrons. The van der Waals surface area contributed by atoms with Gasteiger partial charge in [-0.2, -0.15) is 0 Å². The number of nitrogens with two attached hydrogens (primary N) is 1. The Kier molecular flexibility index (Phi) is 7.66. The van der Waals surface area contributed by atoms with E-state index in [1.165, 1.54) is 7.11 Å². The number of carbonyl (C=O) groups is 3. The van der Waals surface area contributed by atoms with Gasteiger partial charge >= 0.3 is 5.97 Å². The van der Waals surface area contributed by atoms with Gasteiger partial charge in [-0.25, -0.2) is 0 Å². The van der Waals surface area contributed by atoms with Crippen LogP contribution in [0.3, 0.4) is 0 Å². The summed E-state index contributed by atoms with van der Waals surface area (Å²) in [6.07, 6.45) is 1.04. The van der Waals surface area contributed by atoms with Crippen LogP contribution >= 0.6 is 0 Å². The predicted octanol–water partition coefficient (Wildman–Crippen LogP) is 2.44. The molecule has 2 amide bonds. The van der Waals surface area contributed by atoms with E-state index in [1.807, 2.05) is 0 Å². The van der Waals surface area contributed by atoms with E-state index < -0.39 is 17.9 Å². The number of rotatable bonds is 9. The Hall–Kier alpha value is -3.88. The molecule has 1 aliphatic rings. The van der Waals surface area contributed by atoms with Gasteiger partial charge in [0.2, 0.25) is 11.8 Å². The lowest BCUT2D eigenvalue weighted by atomic mass is 9.92. The summed E-state index contributed by atoms with van der Waals surface area (Å²) in [5, 5.41) is 19.5. The van der Waals surface area contributed by atoms with Crippen LogP contribution in [0.2, 0.25) is 0 Å². The molecule has 33 heavy (non-hydrogen) atoms. The number of hydrogen-bond donors (Lipinski definition) is 4. The number of carboxylic acids is 1. The highest BCUT2D eigenvalue weighted by molar-refractivity contribution is 5.99. The van der Waals surface area contributed by atoms with Crippen molar-refractivity contribution in [3.8, 4) is 5.75 Å². The number of methoxy groups -OCH3 is 1. The summed E-state index contributed by atoms with van der Waals surface area (Å²) in [5.41, 5.74) is 7.40. The maximum Gasteiger partial charge on any atom is 0.305 e. The molecular formula is C24H28N4O5. The third-order valence-electron chi connectivity index (χ3n) is 5.70. The standard InChI is InChI=1S/C24H28N4O5/c1-33-19-10-6-15(7-11-19)20(14-22(30)31)27-21(29)13-17-3-2-12-28(24(17)32)18-8-4-16(5-9-18)23(25)26/h4-11,17,20H,2-3,12-14H2,1H3,(H3,25,26)(H,27,29)(H,30,31). The van der Waals surface area contributed by atoms with Gasteiger partial charge in [0.1, 0.15) is 11.6 Å². The van der Waals surface area contributed by atoms with Crippen molar-refractivity contribution in [2.45, 2.75) is 31.7 Å². The summed E-state index contributed by atoms with van der Waals surface area (Å²) in [6.45, 7) is 0.545.